The SMILES string of the molecule is COc1ccccc1CN(C)c1ncc(Br)cc1F. The Morgan fingerprint density at radius 1 is 1.37 bits per heavy atom. The molecule has 100 valence electrons. The molecule has 5 heteroatoms. The van der Waals surface area contributed by atoms with Gasteiger partial charge in [-0.25, -0.2) is 9.37 Å². The Morgan fingerprint density at radius 3 is 2.79 bits per heavy atom. The highest BCUT2D eigenvalue weighted by Gasteiger charge is 2.12. The van der Waals surface area contributed by atoms with Gasteiger partial charge in [-0.1, -0.05) is 18.2 Å². The Hall–Kier alpha value is -1.62. The third kappa shape index (κ3) is 3.23. The van der Waals surface area contributed by atoms with Gasteiger partial charge < -0.3 is 9.64 Å². The lowest BCUT2D eigenvalue weighted by atomic mass is 10.2. The fourth-order valence-electron chi connectivity index (χ4n) is 1.85. The minimum Gasteiger partial charge on any atom is -0.496 e. The van der Waals surface area contributed by atoms with Gasteiger partial charge in [-0.2, -0.15) is 0 Å². The van der Waals surface area contributed by atoms with Gasteiger partial charge in [-0.3, -0.25) is 0 Å². The molecule has 0 saturated heterocycles. The fraction of sp³-hybridized carbons (Fsp3) is 0.214. The summed E-state index contributed by atoms with van der Waals surface area (Å²) >= 11 is 3.19. The number of nitrogens with zero attached hydrogens (tertiary/aromatic N) is 2. The molecule has 1 heterocycles. The molecule has 0 unspecified atom stereocenters. The van der Waals surface area contributed by atoms with Gasteiger partial charge in [-0.15, -0.1) is 0 Å². The average molecular weight is 325 g/mol. The minimum atomic E-state index is -0.355. The highest BCUT2D eigenvalue weighted by atomic mass is 79.9. The molecule has 0 fully saturated rings. The number of halogens is 2. The fourth-order valence-corrected chi connectivity index (χ4v) is 2.16. The zero-order valence-corrected chi connectivity index (χ0v) is 12.3. The molecule has 0 aliphatic rings. The lowest BCUT2D eigenvalue weighted by Gasteiger charge is -2.20. The van der Waals surface area contributed by atoms with Crippen LogP contribution in [-0.2, 0) is 6.54 Å². The Balaban J connectivity index is 2.23. The summed E-state index contributed by atoms with van der Waals surface area (Å²) in [5.41, 5.74) is 0.983. The van der Waals surface area contributed by atoms with Crippen molar-refractivity contribution in [2.45, 2.75) is 6.54 Å². The molecule has 1 aromatic heterocycles. The molecule has 19 heavy (non-hydrogen) atoms. The lowest BCUT2D eigenvalue weighted by molar-refractivity contribution is 0.409. The zero-order chi connectivity index (χ0) is 13.8. The smallest absolute Gasteiger partial charge is 0.166 e. The van der Waals surface area contributed by atoms with E-state index in [4.69, 9.17) is 4.74 Å². The van der Waals surface area contributed by atoms with Crippen molar-refractivity contribution in [3.8, 4) is 5.75 Å². The molecule has 0 N–H and O–H groups in total. The quantitative estimate of drug-likeness (QED) is 0.858. The number of para-hydroxylation sites is 1. The summed E-state index contributed by atoms with van der Waals surface area (Å²) in [6.07, 6.45) is 1.58. The maximum Gasteiger partial charge on any atom is 0.166 e. The summed E-state index contributed by atoms with van der Waals surface area (Å²) in [6.45, 7) is 0.523. The number of benzene rings is 1. The molecule has 0 spiro atoms. The van der Waals surface area contributed by atoms with Crippen molar-refractivity contribution in [3.63, 3.8) is 0 Å². The van der Waals surface area contributed by atoms with Crippen molar-refractivity contribution in [1.29, 1.82) is 0 Å². The highest BCUT2D eigenvalue weighted by molar-refractivity contribution is 9.10. The molecule has 1 aromatic carbocycles. The van der Waals surface area contributed by atoms with Crippen LogP contribution >= 0.6 is 15.9 Å². The number of hydrogen-bond acceptors (Lipinski definition) is 3. The van der Waals surface area contributed by atoms with Gasteiger partial charge in [0.25, 0.3) is 0 Å². The highest BCUT2D eigenvalue weighted by Crippen LogP contribution is 2.23. The van der Waals surface area contributed by atoms with Crippen LogP contribution in [0, 0.1) is 5.82 Å². The van der Waals surface area contributed by atoms with Crippen LogP contribution in [0.15, 0.2) is 41.0 Å². The van der Waals surface area contributed by atoms with E-state index in [0.29, 0.717) is 16.8 Å². The van der Waals surface area contributed by atoms with E-state index < -0.39 is 0 Å². The van der Waals surface area contributed by atoms with E-state index in [9.17, 15) is 4.39 Å². The van der Waals surface area contributed by atoms with Gasteiger partial charge in [0.05, 0.1) is 7.11 Å². The standard InChI is InChI=1S/C14H14BrFN2O/c1-18(14-12(16)7-11(15)8-17-14)9-10-5-3-4-6-13(10)19-2/h3-8H,9H2,1-2H3. The van der Waals surface area contributed by atoms with Gasteiger partial charge in [0.15, 0.2) is 11.6 Å². The first kappa shape index (κ1) is 13.8. The number of pyridine rings is 1. The summed E-state index contributed by atoms with van der Waals surface area (Å²) in [5.74, 6) is 0.743. The van der Waals surface area contributed by atoms with Crippen LogP contribution < -0.4 is 9.64 Å². The number of anilines is 1. The molecule has 0 saturated carbocycles. The number of hydrogen-bond donors (Lipinski definition) is 0. The molecule has 0 aliphatic heterocycles. The molecule has 0 aliphatic carbocycles. The van der Waals surface area contributed by atoms with Crippen molar-refractivity contribution < 1.29 is 9.13 Å². The number of methoxy groups -OCH3 is 1. The Bertz CT molecular complexity index is 577. The van der Waals surface area contributed by atoms with E-state index in [2.05, 4.69) is 20.9 Å². The molecule has 0 radical (unpaired) electrons. The molecule has 0 atom stereocenters. The summed E-state index contributed by atoms with van der Waals surface area (Å²) in [4.78, 5) is 5.84. The predicted octanol–water partition coefficient (Wildman–Crippen LogP) is 3.63. The Kier molecular flexibility index (Phi) is 4.37. The van der Waals surface area contributed by atoms with Gasteiger partial charge in [0.2, 0.25) is 0 Å². The van der Waals surface area contributed by atoms with Crippen LogP contribution in [-0.4, -0.2) is 19.1 Å². The molecule has 3 nitrogen and oxygen atoms in total. The van der Waals surface area contributed by atoms with Crippen LogP contribution in [0.25, 0.3) is 0 Å². The van der Waals surface area contributed by atoms with E-state index >= 15 is 0 Å². The second-order valence-electron chi connectivity index (χ2n) is 4.13. The topological polar surface area (TPSA) is 25.4 Å². The van der Waals surface area contributed by atoms with E-state index in [-0.39, 0.29) is 5.82 Å². The van der Waals surface area contributed by atoms with E-state index in [1.165, 1.54) is 6.07 Å². The first-order valence-corrected chi connectivity index (χ1v) is 6.55. The van der Waals surface area contributed by atoms with Crippen LogP contribution in [0.3, 0.4) is 0 Å². The Morgan fingerprint density at radius 2 is 2.11 bits per heavy atom. The molecular formula is C14H14BrFN2O. The van der Waals surface area contributed by atoms with E-state index in [1.54, 1.807) is 25.3 Å². The molecular weight excluding hydrogens is 311 g/mol. The largest absolute Gasteiger partial charge is 0.496 e. The summed E-state index contributed by atoms with van der Waals surface area (Å²) in [6, 6.07) is 9.07. The second-order valence-corrected chi connectivity index (χ2v) is 5.04. The monoisotopic (exact) mass is 324 g/mol. The van der Waals surface area contributed by atoms with Gasteiger partial charge in [-0.05, 0) is 28.1 Å². The van der Waals surface area contributed by atoms with Gasteiger partial charge in [0.1, 0.15) is 5.75 Å². The molecule has 2 rings (SSSR count). The van der Waals surface area contributed by atoms with Crippen molar-refractivity contribution >= 4 is 21.7 Å². The molecule has 0 amide bonds. The summed E-state index contributed by atoms with van der Waals surface area (Å²) in [7, 11) is 3.42. The zero-order valence-electron chi connectivity index (χ0n) is 10.7. The maximum absolute atomic E-state index is 13.8. The first-order valence-electron chi connectivity index (χ1n) is 5.76. The van der Waals surface area contributed by atoms with Gasteiger partial charge in [0, 0.05) is 29.8 Å². The van der Waals surface area contributed by atoms with Crippen LogP contribution in [0.4, 0.5) is 10.2 Å². The predicted molar refractivity (Wildman–Crippen MR) is 77.0 cm³/mol. The van der Waals surface area contributed by atoms with E-state index in [1.807, 2.05) is 24.3 Å². The number of aromatic nitrogens is 1. The molecule has 0 bridgehead atoms. The average Bonchev–Trinajstić information content (AvgIpc) is 2.39. The Labute approximate surface area is 120 Å². The van der Waals surface area contributed by atoms with Crippen molar-refractivity contribution in [3.05, 3.63) is 52.4 Å². The van der Waals surface area contributed by atoms with Gasteiger partial charge >= 0.3 is 0 Å². The number of rotatable bonds is 4. The maximum atomic E-state index is 13.8. The van der Waals surface area contributed by atoms with E-state index in [0.717, 1.165) is 11.3 Å². The number of ether oxygens (including phenoxy) is 1. The minimum absolute atomic E-state index is 0.314. The van der Waals surface area contributed by atoms with Crippen LogP contribution in [0.5, 0.6) is 5.75 Å². The lowest BCUT2D eigenvalue weighted by Crippen LogP contribution is -2.19. The summed E-state index contributed by atoms with van der Waals surface area (Å²) in [5, 5.41) is 0. The van der Waals surface area contributed by atoms with Crippen LogP contribution in [0.2, 0.25) is 0 Å². The first-order chi connectivity index (χ1) is 9.11. The van der Waals surface area contributed by atoms with Crippen molar-refractivity contribution in [2.75, 3.05) is 19.1 Å². The van der Waals surface area contributed by atoms with Crippen molar-refractivity contribution in [1.82, 2.24) is 4.98 Å². The second kappa shape index (κ2) is 6.02. The third-order valence-corrected chi connectivity index (χ3v) is 3.18. The van der Waals surface area contributed by atoms with Crippen LogP contribution in [0.1, 0.15) is 5.56 Å². The third-order valence-electron chi connectivity index (χ3n) is 2.75. The summed E-state index contributed by atoms with van der Waals surface area (Å²) < 4.78 is 19.7. The molecule has 2 aromatic rings. The van der Waals surface area contributed by atoms with Crippen molar-refractivity contribution in [2.24, 2.45) is 0 Å². The normalized spacial score (nSPS) is 10.3.